The maximum Gasteiger partial charge on any atom is 0.306 e. The molecule has 2 rings (SSSR count). The van der Waals surface area contributed by atoms with Crippen molar-refractivity contribution in [2.75, 3.05) is 30.5 Å². The molecule has 0 aromatic heterocycles. The predicted molar refractivity (Wildman–Crippen MR) is 79.8 cm³/mol. The number of esters is 1. The van der Waals surface area contributed by atoms with Gasteiger partial charge in [0.1, 0.15) is 5.75 Å². The first kappa shape index (κ1) is 15.8. The SMILES string of the molecule is CCN1C(=O)COc2ccc(NC(=O)CCC(=O)OC)cc21. The highest BCUT2D eigenvalue weighted by molar-refractivity contribution is 5.99. The lowest BCUT2D eigenvalue weighted by molar-refractivity contribution is -0.141. The number of hydrogen-bond acceptors (Lipinski definition) is 5. The fourth-order valence-corrected chi connectivity index (χ4v) is 2.17. The van der Waals surface area contributed by atoms with Gasteiger partial charge in [0.15, 0.2) is 6.61 Å². The van der Waals surface area contributed by atoms with Gasteiger partial charge in [0.2, 0.25) is 5.91 Å². The second-order valence-electron chi connectivity index (χ2n) is 4.73. The van der Waals surface area contributed by atoms with Crippen LogP contribution in [0.25, 0.3) is 0 Å². The molecule has 22 heavy (non-hydrogen) atoms. The molecular weight excluding hydrogens is 288 g/mol. The zero-order chi connectivity index (χ0) is 16.1. The fourth-order valence-electron chi connectivity index (χ4n) is 2.17. The van der Waals surface area contributed by atoms with Gasteiger partial charge in [-0.3, -0.25) is 14.4 Å². The molecule has 1 aromatic rings. The highest BCUT2D eigenvalue weighted by atomic mass is 16.5. The van der Waals surface area contributed by atoms with E-state index in [4.69, 9.17) is 4.74 Å². The Morgan fingerprint density at radius 2 is 2.14 bits per heavy atom. The van der Waals surface area contributed by atoms with E-state index in [9.17, 15) is 14.4 Å². The van der Waals surface area contributed by atoms with Crippen molar-refractivity contribution in [1.82, 2.24) is 0 Å². The summed E-state index contributed by atoms with van der Waals surface area (Å²) < 4.78 is 9.84. The summed E-state index contributed by atoms with van der Waals surface area (Å²) in [4.78, 5) is 36.2. The predicted octanol–water partition coefficient (Wildman–Crippen LogP) is 1.32. The van der Waals surface area contributed by atoms with E-state index < -0.39 is 5.97 Å². The Kier molecular flexibility index (Phi) is 4.98. The van der Waals surface area contributed by atoms with Crippen molar-refractivity contribution < 1.29 is 23.9 Å². The van der Waals surface area contributed by atoms with Crippen molar-refractivity contribution in [3.8, 4) is 5.75 Å². The smallest absolute Gasteiger partial charge is 0.306 e. The minimum atomic E-state index is -0.434. The molecule has 0 fully saturated rings. The molecule has 0 saturated carbocycles. The molecule has 118 valence electrons. The number of amides is 2. The molecular formula is C15H18N2O5. The lowest BCUT2D eigenvalue weighted by Crippen LogP contribution is -2.38. The molecule has 7 nitrogen and oxygen atoms in total. The van der Waals surface area contributed by atoms with E-state index in [1.807, 2.05) is 6.92 Å². The molecule has 0 unspecified atom stereocenters. The molecule has 1 aromatic carbocycles. The van der Waals surface area contributed by atoms with Crippen LogP contribution in [0.1, 0.15) is 19.8 Å². The summed E-state index contributed by atoms with van der Waals surface area (Å²) in [6.07, 6.45) is 0.0621. The van der Waals surface area contributed by atoms with Crippen molar-refractivity contribution in [1.29, 1.82) is 0 Å². The van der Waals surface area contributed by atoms with Gasteiger partial charge in [0, 0.05) is 18.7 Å². The standard InChI is InChI=1S/C15H18N2O5/c1-3-17-11-8-10(4-5-12(11)22-9-14(17)19)16-13(18)6-7-15(20)21-2/h4-5,8H,3,6-7,9H2,1-2H3,(H,16,18). The molecule has 0 atom stereocenters. The van der Waals surface area contributed by atoms with E-state index in [2.05, 4.69) is 10.1 Å². The number of nitrogens with zero attached hydrogens (tertiary/aromatic N) is 1. The van der Waals surface area contributed by atoms with Crippen molar-refractivity contribution >= 4 is 29.2 Å². The monoisotopic (exact) mass is 306 g/mol. The summed E-state index contributed by atoms with van der Waals surface area (Å²) in [5.41, 5.74) is 1.18. The molecule has 0 spiro atoms. The number of benzene rings is 1. The number of anilines is 2. The average molecular weight is 306 g/mol. The van der Waals surface area contributed by atoms with Gasteiger partial charge >= 0.3 is 5.97 Å². The van der Waals surface area contributed by atoms with Crippen molar-refractivity contribution in [3.63, 3.8) is 0 Å². The maximum absolute atomic E-state index is 11.8. The third kappa shape index (κ3) is 3.55. The van der Waals surface area contributed by atoms with Gasteiger partial charge in [-0.25, -0.2) is 0 Å². The lowest BCUT2D eigenvalue weighted by Gasteiger charge is -2.28. The molecule has 0 radical (unpaired) electrons. The van der Waals surface area contributed by atoms with E-state index >= 15 is 0 Å². The maximum atomic E-state index is 11.8. The Morgan fingerprint density at radius 3 is 2.82 bits per heavy atom. The van der Waals surface area contributed by atoms with Crippen LogP contribution in [0.2, 0.25) is 0 Å². The first-order valence-corrected chi connectivity index (χ1v) is 6.99. The van der Waals surface area contributed by atoms with Crippen LogP contribution in [0.5, 0.6) is 5.75 Å². The van der Waals surface area contributed by atoms with Crippen LogP contribution in [-0.2, 0) is 19.1 Å². The van der Waals surface area contributed by atoms with E-state index in [-0.39, 0.29) is 31.3 Å². The zero-order valence-electron chi connectivity index (χ0n) is 12.5. The highest BCUT2D eigenvalue weighted by Crippen LogP contribution is 2.34. The van der Waals surface area contributed by atoms with Gasteiger partial charge in [-0.05, 0) is 25.1 Å². The minimum Gasteiger partial charge on any atom is -0.482 e. The third-order valence-electron chi connectivity index (χ3n) is 3.29. The Labute approximate surface area is 128 Å². The van der Waals surface area contributed by atoms with E-state index in [1.54, 1.807) is 23.1 Å². The van der Waals surface area contributed by atoms with Gasteiger partial charge < -0.3 is 19.7 Å². The van der Waals surface area contributed by atoms with Crippen LogP contribution in [0, 0.1) is 0 Å². The second kappa shape index (κ2) is 6.93. The lowest BCUT2D eigenvalue weighted by atomic mass is 10.2. The summed E-state index contributed by atoms with van der Waals surface area (Å²) in [6, 6.07) is 5.09. The molecule has 2 amide bonds. The van der Waals surface area contributed by atoms with E-state index in [0.717, 1.165) is 0 Å². The van der Waals surface area contributed by atoms with E-state index in [0.29, 0.717) is 23.7 Å². The van der Waals surface area contributed by atoms with Crippen LogP contribution in [0.15, 0.2) is 18.2 Å². The molecule has 1 aliphatic heterocycles. The number of carbonyl (C=O) groups excluding carboxylic acids is 3. The number of methoxy groups -OCH3 is 1. The van der Waals surface area contributed by atoms with Gasteiger partial charge in [-0.15, -0.1) is 0 Å². The molecule has 7 heteroatoms. The molecule has 1 aliphatic rings. The highest BCUT2D eigenvalue weighted by Gasteiger charge is 2.24. The van der Waals surface area contributed by atoms with Crippen LogP contribution >= 0.6 is 0 Å². The first-order valence-electron chi connectivity index (χ1n) is 6.99. The Morgan fingerprint density at radius 1 is 1.36 bits per heavy atom. The van der Waals surface area contributed by atoms with Crippen molar-refractivity contribution in [3.05, 3.63) is 18.2 Å². The average Bonchev–Trinajstić information content (AvgIpc) is 2.52. The number of carbonyl (C=O) groups is 3. The molecule has 1 heterocycles. The number of likely N-dealkylation sites (N-methyl/N-ethyl adjacent to an activating group) is 1. The largest absolute Gasteiger partial charge is 0.482 e. The Balaban J connectivity index is 2.07. The summed E-state index contributed by atoms with van der Waals surface area (Å²) in [6.45, 7) is 2.41. The minimum absolute atomic E-state index is 0.0195. The topological polar surface area (TPSA) is 84.9 Å². The second-order valence-corrected chi connectivity index (χ2v) is 4.73. The van der Waals surface area contributed by atoms with Gasteiger partial charge in [-0.1, -0.05) is 0 Å². The third-order valence-corrected chi connectivity index (χ3v) is 3.29. The number of fused-ring (bicyclic) bond motifs is 1. The van der Waals surface area contributed by atoms with Crippen LogP contribution in [0.4, 0.5) is 11.4 Å². The molecule has 0 bridgehead atoms. The number of ether oxygens (including phenoxy) is 2. The number of nitrogens with one attached hydrogen (secondary N) is 1. The van der Waals surface area contributed by atoms with Crippen LogP contribution in [-0.4, -0.2) is 38.0 Å². The van der Waals surface area contributed by atoms with Crippen LogP contribution < -0.4 is 15.0 Å². The molecule has 0 aliphatic carbocycles. The fraction of sp³-hybridized carbons (Fsp3) is 0.400. The van der Waals surface area contributed by atoms with Gasteiger partial charge in [0.05, 0.1) is 19.2 Å². The normalized spacial score (nSPS) is 13.2. The summed E-state index contributed by atoms with van der Waals surface area (Å²) in [5, 5.41) is 2.69. The summed E-state index contributed by atoms with van der Waals surface area (Å²) in [5.74, 6) is -0.244. The van der Waals surface area contributed by atoms with Crippen molar-refractivity contribution in [2.45, 2.75) is 19.8 Å². The van der Waals surface area contributed by atoms with Gasteiger partial charge in [0.25, 0.3) is 5.91 Å². The number of rotatable bonds is 5. The number of hydrogen-bond donors (Lipinski definition) is 1. The summed E-state index contributed by atoms with van der Waals surface area (Å²) in [7, 11) is 1.28. The van der Waals surface area contributed by atoms with Gasteiger partial charge in [-0.2, -0.15) is 0 Å². The first-order chi connectivity index (χ1) is 10.5. The summed E-state index contributed by atoms with van der Waals surface area (Å²) >= 11 is 0. The Bertz CT molecular complexity index is 600. The molecule has 0 saturated heterocycles. The zero-order valence-corrected chi connectivity index (χ0v) is 12.5. The van der Waals surface area contributed by atoms with Crippen LogP contribution in [0.3, 0.4) is 0 Å². The van der Waals surface area contributed by atoms with E-state index in [1.165, 1.54) is 7.11 Å². The Hall–Kier alpha value is -2.57. The van der Waals surface area contributed by atoms with Crippen molar-refractivity contribution in [2.24, 2.45) is 0 Å². The quantitative estimate of drug-likeness (QED) is 0.829. The molecule has 1 N–H and O–H groups in total.